The van der Waals surface area contributed by atoms with Gasteiger partial charge in [0.2, 0.25) is 23.4 Å². The monoisotopic (exact) mass is 356 g/mol. The van der Waals surface area contributed by atoms with Crippen LogP contribution in [0.1, 0.15) is 38.0 Å². The third-order valence-electron chi connectivity index (χ3n) is 3.68. The number of unbranched alkanes of at least 4 members (excludes halogenated alkanes) is 1. The second kappa shape index (κ2) is 8.37. The summed E-state index contributed by atoms with van der Waals surface area (Å²) in [5, 5.41) is 7.88. The molecule has 0 saturated carbocycles. The van der Waals surface area contributed by atoms with Gasteiger partial charge in [-0.3, -0.25) is 4.79 Å². The molecule has 8 heteroatoms. The summed E-state index contributed by atoms with van der Waals surface area (Å²) in [4.78, 5) is 20.2. The van der Waals surface area contributed by atoms with Gasteiger partial charge < -0.3 is 13.8 Å². The van der Waals surface area contributed by atoms with Crippen LogP contribution < -0.4 is 0 Å². The zero-order chi connectivity index (χ0) is 18.4. The molecule has 8 nitrogen and oxygen atoms in total. The molecule has 0 radical (unpaired) electrons. The van der Waals surface area contributed by atoms with Crippen LogP contribution in [0.5, 0.6) is 0 Å². The predicted octanol–water partition coefficient (Wildman–Crippen LogP) is 3.37. The second-order valence-electron chi connectivity index (χ2n) is 5.80. The van der Waals surface area contributed by atoms with E-state index in [1.54, 1.807) is 6.92 Å². The summed E-state index contributed by atoms with van der Waals surface area (Å²) in [5.74, 6) is 1.59. The van der Waals surface area contributed by atoms with E-state index in [9.17, 15) is 4.79 Å². The summed E-state index contributed by atoms with van der Waals surface area (Å²) in [5.41, 5.74) is 1.57. The number of ether oxygens (including phenoxy) is 1. The maximum atomic E-state index is 11.6. The van der Waals surface area contributed by atoms with Crippen molar-refractivity contribution in [2.24, 2.45) is 0 Å². The minimum Gasteiger partial charge on any atom is -0.466 e. The third kappa shape index (κ3) is 4.53. The normalized spacial score (nSPS) is 10.8. The van der Waals surface area contributed by atoms with E-state index in [1.165, 1.54) is 0 Å². The Labute approximate surface area is 150 Å². The minimum atomic E-state index is -0.257. The van der Waals surface area contributed by atoms with Crippen LogP contribution in [-0.4, -0.2) is 32.9 Å². The highest BCUT2D eigenvalue weighted by Crippen LogP contribution is 2.23. The molecule has 0 amide bonds. The maximum absolute atomic E-state index is 11.6. The molecule has 0 unspecified atom stereocenters. The molecule has 1 aromatic carbocycles. The number of aromatic nitrogens is 4. The largest absolute Gasteiger partial charge is 0.466 e. The molecule has 0 N–H and O–H groups in total. The molecule has 2 heterocycles. The molecule has 0 aliphatic heterocycles. The van der Waals surface area contributed by atoms with Crippen molar-refractivity contribution in [1.82, 2.24) is 20.3 Å². The molecule has 0 bridgehead atoms. The van der Waals surface area contributed by atoms with Gasteiger partial charge in [-0.25, -0.2) is 0 Å². The molecule has 0 fully saturated rings. The van der Waals surface area contributed by atoms with E-state index in [-0.39, 0.29) is 12.4 Å². The standard InChI is InChI=1S/C18H20N4O4/c1-3-4-10-24-16(23)9-8-15-20-18(22-26-15)14-7-5-6-13(11-14)17-19-12(2)25-21-17/h5-7,11H,3-4,8-10H2,1-2H3. The van der Waals surface area contributed by atoms with E-state index in [0.717, 1.165) is 24.0 Å². The van der Waals surface area contributed by atoms with Crippen molar-refractivity contribution in [1.29, 1.82) is 0 Å². The van der Waals surface area contributed by atoms with Gasteiger partial charge in [-0.05, 0) is 12.5 Å². The molecule has 0 spiro atoms. The van der Waals surface area contributed by atoms with Crippen LogP contribution in [0.4, 0.5) is 0 Å². The Morgan fingerprint density at radius 3 is 2.54 bits per heavy atom. The van der Waals surface area contributed by atoms with Gasteiger partial charge in [-0.2, -0.15) is 9.97 Å². The van der Waals surface area contributed by atoms with Crippen LogP contribution in [0.25, 0.3) is 22.8 Å². The fraction of sp³-hybridized carbons (Fsp3) is 0.389. The van der Waals surface area contributed by atoms with Crippen LogP contribution in [-0.2, 0) is 16.0 Å². The van der Waals surface area contributed by atoms with Crippen molar-refractivity contribution in [2.75, 3.05) is 6.61 Å². The van der Waals surface area contributed by atoms with Crippen molar-refractivity contribution in [3.8, 4) is 22.8 Å². The highest BCUT2D eigenvalue weighted by atomic mass is 16.5. The van der Waals surface area contributed by atoms with Crippen molar-refractivity contribution < 1.29 is 18.6 Å². The van der Waals surface area contributed by atoms with Crippen LogP contribution in [0.3, 0.4) is 0 Å². The Balaban J connectivity index is 1.63. The minimum absolute atomic E-state index is 0.216. The number of carbonyl (C=O) groups excluding carboxylic acids is 1. The third-order valence-corrected chi connectivity index (χ3v) is 3.68. The Kier molecular flexibility index (Phi) is 5.73. The second-order valence-corrected chi connectivity index (χ2v) is 5.80. The van der Waals surface area contributed by atoms with E-state index in [4.69, 9.17) is 13.8 Å². The Morgan fingerprint density at radius 1 is 1.12 bits per heavy atom. The number of hydrogen-bond donors (Lipinski definition) is 0. The summed E-state index contributed by atoms with van der Waals surface area (Å²) in [6, 6.07) is 7.46. The van der Waals surface area contributed by atoms with E-state index < -0.39 is 0 Å². The highest BCUT2D eigenvalue weighted by Gasteiger charge is 2.13. The number of esters is 1. The first-order chi connectivity index (χ1) is 12.7. The summed E-state index contributed by atoms with van der Waals surface area (Å²) in [6.45, 7) is 4.23. The number of aryl methyl sites for hydroxylation is 2. The summed E-state index contributed by atoms with van der Waals surface area (Å²) in [6.07, 6.45) is 2.42. The van der Waals surface area contributed by atoms with Crippen molar-refractivity contribution in [3.63, 3.8) is 0 Å². The Morgan fingerprint density at radius 2 is 1.85 bits per heavy atom. The zero-order valence-electron chi connectivity index (χ0n) is 14.8. The average molecular weight is 356 g/mol. The first-order valence-corrected chi connectivity index (χ1v) is 8.55. The van der Waals surface area contributed by atoms with Gasteiger partial charge in [-0.15, -0.1) is 0 Å². The van der Waals surface area contributed by atoms with Gasteiger partial charge >= 0.3 is 5.97 Å². The number of rotatable bonds is 8. The van der Waals surface area contributed by atoms with Crippen molar-refractivity contribution in [3.05, 3.63) is 36.0 Å². The van der Waals surface area contributed by atoms with Crippen LogP contribution in [0, 0.1) is 6.92 Å². The van der Waals surface area contributed by atoms with Gasteiger partial charge in [0, 0.05) is 24.5 Å². The molecule has 136 valence electrons. The highest BCUT2D eigenvalue weighted by molar-refractivity contribution is 5.69. The molecule has 3 rings (SSSR count). The zero-order valence-corrected chi connectivity index (χ0v) is 14.8. The summed E-state index contributed by atoms with van der Waals surface area (Å²) >= 11 is 0. The number of nitrogens with zero attached hydrogens (tertiary/aromatic N) is 4. The van der Waals surface area contributed by atoms with Gasteiger partial charge in [0.05, 0.1) is 13.0 Å². The molecule has 0 aliphatic carbocycles. The lowest BCUT2D eigenvalue weighted by molar-refractivity contribution is -0.143. The molecular formula is C18H20N4O4. The lowest BCUT2D eigenvalue weighted by Crippen LogP contribution is -2.07. The maximum Gasteiger partial charge on any atom is 0.306 e. The average Bonchev–Trinajstić information content (AvgIpc) is 3.29. The number of carbonyl (C=O) groups is 1. The molecule has 0 saturated heterocycles. The predicted molar refractivity (Wildman–Crippen MR) is 92.0 cm³/mol. The van der Waals surface area contributed by atoms with Crippen LogP contribution >= 0.6 is 0 Å². The molecular weight excluding hydrogens is 336 g/mol. The van der Waals surface area contributed by atoms with Crippen LogP contribution in [0.2, 0.25) is 0 Å². The lowest BCUT2D eigenvalue weighted by atomic mass is 10.1. The first kappa shape index (κ1) is 17.8. The fourth-order valence-corrected chi connectivity index (χ4v) is 2.30. The SMILES string of the molecule is CCCCOC(=O)CCc1nc(-c2cccc(-c3noc(C)n3)c2)no1. The van der Waals surface area contributed by atoms with Gasteiger partial charge in [0.1, 0.15) is 0 Å². The van der Waals surface area contributed by atoms with E-state index in [1.807, 2.05) is 31.2 Å². The molecule has 3 aromatic rings. The molecule has 2 aromatic heterocycles. The number of hydrogen-bond acceptors (Lipinski definition) is 8. The molecule has 0 aliphatic rings. The summed E-state index contributed by atoms with van der Waals surface area (Å²) < 4.78 is 15.3. The van der Waals surface area contributed by atoms with Crippen molar-refractivity contribution >= 4 is 5.97 Å². The van der Waals surface area contributed by atoms with Gasteiger partial charge in [-0.1, -0.05) is 41.9 Å². The van der Waals surface area contributed by atoms with Gasteiger partial charge in [0.15, 0.2) is 0 Å². The Hall–Kier alpha value is -3.03. The smallest absolute Gasteiger partial charge is 0.306 e. The number of benzene rings is 1. The molecule has 26 heavy (non-hydrogen) atoms. The summed E-state index contributed by atoms with van der Waals surface area (Å²) in [7, 11) is 0. The lowest BCUT2D eigenvalue weighted by Gasteiger charge is -2.01. The Bertz CT molecular complexity index is 871. The van der Waals surface area contributed by atoms with Crippen molar-refractivity contribution in [2.45, 2.75) is 39.5 Å². The quantitative estimate of drug-likeness (QED) is 0.447. The van der Waals surface area contributed by atoms with E-state index in [0.29, 0.717) is 36.5 Å². The van der Waals surface area contributed by atoms with Crippen LogP contribution in [0.15, 0.2) is 33.3 Å². The fourth-order valence-electron chi connectivity index (χ4n) is 2.30. The van der Waals surface area contributed by atoms with Gasteiger partial charge in [0.25, 0.3) is 0 Å². The first-order valence-electron chi connectivity index (χ1n) is 8.55. The van der Waals surface area contributed by atoms with E-state index >= 15 is 0 Å². The van der Waals surface area contributed by atoms with E-state index in [2.05, 4.69) is 20.3 Å². The molecule has 0 atom stereocenters. The topological polar surface area (TPSA) is 104 Å².